The molecule has 1 unspecified atom stereocenters. The highest BCUT2D eigenvalue weighted by atomic mass is 32.2. The van der Waals surface area contributed by atoms with Crippen LogP contribution >= 0.6 is 11.3 Å². The second kappa shape index (κ2) is 7.57. The van der Waals surface area contributed by atoms with Crippen molar-refractivity contribution in [3.05, 3.63) is 22.4 Å². The summed E-state index contributed by atoms with van der Waals surface area (Å²) in [4.78, 5) is 12.7. The lowest BCUT2D eigenvalue weighted by molar-refractivity contribution is -0.121. The molecule has 0 saturated heterocycles. The predicted molar refractivity (Wildman–Crippen MR) is 69.2 cm³/mol. The third-order valence-electron chi connectivity index (χ3n) is 2.12. The Hall–Kier alpha value is -0.680. The molecule has 3 nitrogen and oxygen atoms in total. The lowest BCUT2D eigenvalue weighted by atomic mass is 10.2. The summed E-state index contributed by atoms with van der Waals surface area (Å²) < 4.78 is 10.8. The number of aryl methyl sites for hydroxylation is 1. The summed E-state index contributed by atoms with van der Waals surface area (Å²) in [5, 5.41) is 4.81. The number of hydrogen-bond acceptors (Lipinski definition) is 3. The van der Waals surface area contributed by atoms with Crippen molar-refractivity contribution in [1.29, 1.82) is 0 Å². The lowest BCUT2D eigenvalue weighted by Gasteiger charge is -2.03. The van der Waals surface area contributed by atoms with Crippen molar-refractivity contribution in [3.8, 4) is 0 Å². The molecule has 90 valence electrons. The Bertz CT molecular complexity index is 336. The van der Waals surface area contributed by atoms with Gasteiger partial charge in [0, 0.05) is 40.7 Å². The molecule has 0 fully saturated rings. The van der Waals surface area contributed by atoms with Gasteiger partial charge in [-0.2, -0.15) is 0 Å². The molecule has 16 heavy (non-hydrogen) atoms. The number of carbonyl (C=O) groups excluding carboxylic acids is 1. The molecule has 5 heteroatoms. The molecular weight excluding hydrogens is 242 g/mol. The third kappa shape index (κ3) is 6.02. The maximum Gasteiger partial charge on any atom is 0.220 e. The molecule has 1 heterocycles. The van der Waals surface area contributed by atoms with Gasteiger partial charge in [0.2, 0.25) is 5.91 Å². The van der Waals surface area contributed by atoms with E-state index < -0.39 is 10.8 Å². The van der Waals surface area contributed by atoms with Crippen molar-refractivity contribution in [2.24, 2.45) is 0 Å². The zero-order chi connectivity index (χ0) is 11.8. The van der Waals surface area contributed by atoms with Crippen molar-refractivity contribution >= 4 is 28.0 Å². The first-order valence-corrected chi connectivity index (χ1v) is 7.88. The zero-order valence-electron chi connectivity index (χ0n) is 9.40. The Morgan fingerprint density at radius 1 is 1.56 bits per heavy atom. The first-order chi connectivity index (χ1) is 7.68. The molecule has 1 amide bonds. The van der Waals surface area contributed by atoms with Crippen LogP contribution < -0.4 is 5.32 Å². The number of thiophene rings is 1. The highest BCUT2D eigenvalue weighted by Crippen LogP contribution is 2.11. The normalized spacial score (nSPS) is 12.3. The van der Waals surface area contributed by atoms with Gasteiger partial charge in [-0.25, -0.2) is 0 Å². The highest BCUT2D eigenvalue weighted by molar-refractivity contribution is 7.84. The van der Waals surface area contributed by atoms with Crippen molar-refractivity contribution < 1.29 is 9.00 Å². The second-order valence-corrected chi connectivity index (χ2v) is 6.15. The molecule has 0 aliphatic carbocycles. The van der Waals surface area contributed by atoms with Gasteiger partial charge in [0.25, 0.3) is 0 Å². The topological polar surface area (TPSA) is 46.2 Å². The van der Waals surface area contributed by atoms with Gasteiger partial charge in [0.15, 0.2) is 0 Å². The number of carbonyl (C=O) groups is 1. The minimum Gasteiger partial charge on any atom is -0.355 e. The Balaban J connectivity index is 2.04. The van der Waals surface area contributed by atoms with Gasteiger partial charge in [-0.15, -0.1) is 11.3 Å². The average Bonchev–Trinajstić information content (AvgIpc) is 2.70. The van der Waals surface area contributed by atoms with Gasteiger partial charge in [0.1, 0.15) is 0 Å². The summed E-state index contributed by atoms with van der Waals surface area (Å²) in [5.74, 6) is 0.596. The summed E-state index contributed by atoms with van der Waals surface area (Å²) in [6.45, 7) is 0.515. The summed E-state index contributed by atoms with van der Waals surface area (Å²) in [6, 6.07) is 4.11. The molecule has 0 radical (unpaired) electrons. The molecule has 1 N–H and O–H groups in total. The van der Waals surface area contributed by atoms with E-state index in [9.17, 15) is 9.00 Å². The van der Waals surface area contributed by atoms with E-state index in [1.165, 1.54) is 4.88 Å². The quantitative estimate of drug-likeness (QED) is 0.808. The summed E-state index contributed by atoms with van der Waals surface area (Å²) >= 11 is 1.72. The SMILES string of the molecule is CS(=O)CCNC(=O)CCCc1cccs1. The number of rotatable bonds is 7. The molecule has 1 rings (SSSR count). The Kier molecular flexibility index (Phi) is 6.33. The van der Waals surface area contributed by atoms with Gasteiger partial charge < -0.3 is 5.32 Å². The van der Waals surface area contributed by atoms with Gasteiger partial charge in [-0.3, -0.25) is 9.00 Å². The maximum atomic E-state index is 11.3. The van der Waals surface area contributed by atoms with Crippen LogP contribution in [-0.4, -0.2) is 28.7 Å². The van der Waals surface area contributed by atoms with Crippen LogP contribution in [0.2, 0.25) is 0 Å². The van der Waals surface area contributed by atoms with E-state index in [0.29, 0.717) is 18.7 Å². The minimum atomic E-state index is -0.825. The fourth-order valence-corrected chi connectivity index (χ4v) is 2.44. The second-order valence-electron chi connectivity index (χ2n) is 3.56. The van der Waals surface area contributed by atoms with Crippen LogP contribution in [0.25, 0.3) is 0 Å². The fraction of sp³-hybridized carbons (Fsp3) is 0.545. The molecule has 1 aromatic heterocycles. The predicted octanol–water partition coefficient (Wildman–Crippen LogP) is 1.57. The summed E-state index contributed by atoms with van der Waals surface area (Å²) in [5.41, 5.74) is 0. The number of amides is 1. The first kappa shape index (κ1) is 13.4. The van der Waals surface area contributed by atoms with E-state index in [1.54, 1.807) is 17.6 Å². The van der Waals surface area contributed by atoms with Crippen LogP contribution in [0.15, 0.2) is 17.5 Å². The number of nitrogens with one attached hydrogen (secondary N) is 1. The van der Waals surface area contributed by atoms with E-state index in [-0.39, 0.29) is 5.91 Å². The molecule has 0 spiro atoms. The van der Waals surface area contributed by atoms with Crippen LogP contribution in [0.3, 0.4) is 0 Å². The van der Waals surface area contributed by atoms with Gasteiger partial charge in [-0.1, -0.05) is 6.07 Å². The van der Waals surface area contributed by atoms with Gasteiger partial charge in [-0.05, 0) is 24.3 Å². The van der Waals surface area contributed by atoms with Crippen molar-refractivity contribution in [2.45, 2.75) is 19.3 Å². The first-order valence-electron chi connectivity index (χ1n) is 5.27. The lowest BCUT2D eigenvalue weighted by Crippen LogP contribution is -2.27. The fourth-order valence-electron chi connectivity index (χ4n) is 1.30. The van der Waals surface area contributed by atoms with Crippen molar-refractivity contribution in [1.82, 2.24) is 5.32 Å². The highest BCUT2D eigenvalue weighted by Gasteiger charge is 2.01. The molecule has 0 aliphatic heterocycles. The largest absolute Gasteiger partial charge is 0.355 e. The van der Waals surface area contributed by atoms with E-state index in [0.717, 1.165) is 12.8 Å². The molecule has 0 saturated carbocycles. The van der Waals surface area contributed by atoms with Crippen LogP contribution in [0.5, 0.6) is 0 Å². The van der Waals surface area contributed by atoms with E-state index in [4.69, 9.17) is 0 Å². The molecule has 1 aromatic rings. The third-order valence-corrected chi connectivity index (χ3v) is 3.83. The average molecular weight is 259 g/mol. The molecular formula is C11H17NO2S2. The van der Waals surface area contributed by atoms with Crippen molar-refractivity contribution in [3.63, 3.8) is 0 Å². The van der Waals surface area contributed by atoms with Gasteiger partial charge >= 0.3 is 0 Å². The zero-order valence-corrected chi connectivity index (χ0v) is 11.0. The smallest absolute Gasteiger partial charge is 0.220 e. The van der Waals surface area contributed by atoms with Crippen LogP contribution in [0.1, 0.15) is 17.7 Å². The molecule has 0 aliphatic rings. The summed E-state index contributed by atoms with van der Waals surface area (Å²) in [6.07, 6.45) is 4.03. The van der Waals surface area contributed by atoms with Crippen molar-refractivity contribution in [2.75, 3.05) is 18.6 Å². The summed E-state index contributed by atoms with van der Waals surface area (Å²) in [7, 11) is -0.825. The molecule has 1 atom stereocenters. The number of hydrogen-bond donors (Lipinski definition) is 1. The van der Waals surface area contributed by atoms with Crippen LogP contribution in [0, 0.1) is 0 Å². The van der Waals surface area contributed by atoms with E-state index in [2.05, 4.69) is 11.4 Å². The van der Waals surface area contributed by atoms with Gasteiger partial charge in [0.05, 0.1) is 0 Å². The molecule has 0 aromatic carbocycles. The minimum absolute atomic E-state index is 0.0574. The Morgan fingerprint density at radius 2 is 2.38 bits per heavy atom. The monoisotopic (exact) mass is 259 g/mol. The Labute approximate surface area is 103 Å². The van der Waals surface area contributed by atoms with Crippen LogP contribution in [0.4, 0.5) is 0 Å². The maximum absolute atomic E-state index is 11.3. The van der Waals surface area contributed by atoms with Crippen LogP contribution in [-0.2, 0) is 22.0 Å². The Morgan fingerprint density at radius 3 is 3.00 bits per heavy atom. The van der Waals surface area contributed by atoms with E-state index in [1.807, 2.05) is 11.4 Å². The van der Waals surface area contributed by atoms with E-state index >= 15 is 0 Å². The molecule has 0 bridgehead atoms. The standard InChI is InChI=1S/C11H17NO2S2/c1-16(14)9-7-12-11(13)6-2-4-10-5-3-8-15-10/h3,5,8H,2,4,6-7,9H2,1H3,(H,12,13).